The maximum atomic E-state index is 12.4. The number of carbonyl (C=O) groups excluding carboxylic acids is 1. The maximum absolute atomic E-state index is 12.4. The quantitative estimate of drug-likeness (QED) is 0.767. The summed E-state index contributed by atoms with van der Waals surface area (Å²) in [6.07, 6.45) is 0.828. The zero-order chi connectivity index (χ0) is 18.6. The molecule has 4 rings (SSSR count). The second-order valence-corrected chi connectivity index (χ2v) is 6.89. The Morgan fingerprint density at radius 1 is 1.15 bits per heavy atom. The third-order valence-electron chi connectivity index (χ3n) is 4.85. The summed E-state index contributed by atoms with van der Waals surface area (Å²) in [5.74, 6) is 1.21. The molecule has 1 N–H and O–H groups in total. The van der Waals surface area contributed by atoms with Gasteiger partial charge in [0.1, 0.15) is 0 Å². The molecular weight excluding hydrogens is 340 g/mol. The van der Waals surface area contributed by atoms with Gasteiger partial charge in [0.2, 0.25) is 11.8 Å². The predicted octanol–water partition coefficient (Wildman–Crippen LogP) is 3.74. The molecule has 3 aromatic rings. The molecule has 0 spiro atoms. The molecule has 6 nitrogen and oxygen atoms in total. The first-order valence-electron chi connectivity index (χ1n) is 9.16. The van der Waals surface area contributed by atoms with Crippen LogP contribution >= 0.6 is 0 Å². The van der Waals surface area contributed by atoms with E-state index in [0.717, 1.165) is 17.5 Å². The molecule has 27 heavy (non-hydrogen) atoms. The number of urea groups is 1. The van der Waals surface area contributed by atoms with Crippen molar-refractivity contribution in [1.82, 2.24) is 20.4 Å². The van der Waals surface area contributed by atoms with E-state index in [1.807, 2.05) is 66.4 Å². The highest BCUT2D eigenvalue weighted by Crippen LogP contribution is 2.28. The largest absolute Gasteiger partial charge is 0.420 e. The molecule has 0 aliphatic carbocycles. The van der Waals surface area contributed by atoms with Crippen LogP contribution < -0.4 is 5.32 Å². The van der Waals surface area contributed by atoms with Gasteiger partial charge in [-0.3, -0.25) is 0 Å². The Kier molecular flexibility index (Phi) is 4.87. The molecule has 2 heterocycles. The van der Waals surface area contributed by atoms with Crippen LogP contribution in [0.25, 0.3) is 11.5 Å². The van der Waals surface area contributed by atoms with Crippen LogP contribution in [0.15, 0.2) is 59.0 Å². The number of rotatable bonds is 4. The number of likely N-dealkylation sites (tertiary alicyclic amines) is 1. The van der Waals surface area contributed by atoms with Crippen LogP contribution in [0.2, 0.25) is 0 Å². The predicted molar refractivity (Wildman–Crippen MR) is 102 cm³/mol. The molecule has 6 heteroatoms. The van der Waals surface area contributed by atoms with Gasteiger partial charge in [0.15, 0.2) is 0 Å². The van der Waals surface area contributed by atoms with Crippen LogP contribution in [0.1, 0.15) is 29.4 Å². The fraction of sp³-hybridized carbons (Fsp3) is 0.286. The van der Waals surface area contributed by atoms with Crippen molar-refractivity contribution in [3.8, 4) is 11.5 Å². The van der Waals surface area contributed by atoms with Gasteiger partial charge in [0.25, 0.3) is 0 Å². The van der Waals surface area contributed by atoms with Gasteiger partial charge in [-0.15, -0.1) is 10.2 Å². The monoisotopic (exact) mass is 362 g/mol. The lowest BCUT2D eigenvalue weighted by atomic mass is 10.1. The van der Waals surface area contributed by atoms with Crippen molar-refractivity contribution in [2.75, 3.05) is 13.1 Å². The van der Waals surface area contributed by atoms with Gasteiger partial charge in [-0.05, 0) is 31.0 Å². The lowest BCUT2D eigenvalue weighted by Gasteiger charge is -2.16. The summed E-state index contributed by atoms with van der Waals surface area (Å²) in [7, 11) is 0. The molecule has 2 amide bonds. The molecular formula is C21H22N4O2. The number of nitrogens with zero attached hydrogens (tertiary/aromatic N) is 3. The Hall–Kier alpha value is -3.15. The van der Waals surface area contributed by atoms with Crippen LogP contribution in [0.5, 0.6) is 0 Å². The fourth-order valence-electron chi connectivity index (χ4n) is 3.24. The average Bonchev–Trinajstić information content (AvgIpc) is 3.37. The van der Waals surface area contributed by atoms with E-state index in [0.29, 0.717) is 31.4 Å². The van der Waals surface area contributed by atoms with Crippen molar-refractivity contribution in [3.05, 3.63) is 71.6 Å². The maximum Gasteiger partial charge on any atom is 0.317 e. The molecule has 1 fully saturated rings. The number of nitrogens with one attached hydrogen (secondary N) is 1. The molecule has 0 bridgehead atoms. The van der Waals surface area contributed by atoms with Crippen molar-refractivity contribution < 1.29 is 9.21 Å². The summed E-state index contributed by atoms with van der Waals surface area (Å²) < 4.78 is 5.87. The minimum atomic E-state index is -0.0559. The number of hydrogen-bond donors (Lipinski definition) is 1. The van der Waals surface area contributed by atoms with Crippen LogP contribution in [0.4, 0.5) is 4.79 Å². The third-order valence-corrected chi connectivity index (χ3v) is 4.85. The molecule has 1 saturated heterocycles. The minimum absolute atomic E-state index is 0.0559. The molecule has 0 radical (unpaired) electrons. The van der Waals surface area contributed by atoms with Gasteiger partial charge >= 0.3 is 6.03 Å². The third kappa shape index (κ3) is 4.00. The van der Waals surface area contributed by atoms with Gasteiger partial charge in [0.05, 0.1) is 5.92 Å². The van der Waals surface area contributed by atoms with Gasteiger partial charge in [-0.25, -0.2) is 4.79 Å². The van der Waals surface area contributed by atoms with E-state index < -0.39 is 0 Å². The van der Waals surface area contributed by atoms with E-state index in [1.165, 1.54) is 5.56 Å². The number of aromatic nitrogens is 2. The zero-order valence-electron chi connectivity index (χ0n) is 15.3. The molecule has 1 aromatic heterocycles. The second kappa shape index (κ2) is 7.61. The summed E-state index contributed by atoms with van der Waals surface area (Å²) in [6.45, 7) is 3.85. The molecule has 2 aromatic carbocycles. The van der Waals surface area contributed by atoms with Crippen LogP contribution in [0.3, 0.4) is 0 Å². The van der Waals surface area contributed by atoms with E-state index in [2.05, 4.69) is 15.5 Å². The standard InChI is InChI=1S/C21H22N4O2/c1-15-7-9-17(10-8-15)19-23-24-20(27-19)18-11-12-25(14-18)21(26)22-13-16-5-3-2-4-6-16/h2-10,18H,11-14H2,1H3,(H,22,26). The molecule has 1 unspecified atom stereocenters. The fourth-order valence-corrected chi connectivity index (χ4v) is 3.24. The number of amides is 2. The Balaban J connectivity index is 1.35. The first-order chi connectivity index (χ1) is 13.2. The number of aryl methyl sites for hydroxylation is 1. The lowest BCUT2D eigenvalue weighted by Crippen LogP contribution is -2.37. The number of hydrogen-bond acceptors (Lipinski definition) is 4. The summed E-state index contributed by atoms with van der Waals surface area (Å²) in [5.41, 5.74) is 3.18. The summed E-state index contributed by atoms with van der Waals surface area (Å²) >= 11 is 0. The second-order valence-electron chi connectivity index (χ2n) is 6.89. The Morgan fingerprint density at radius 2 is 1.93 bits per heavy atom. The lowest BCUT2D eigenvalue weighted by molar-refractivity contribution is 0.207. The highest BCUT2D eigenvalue weighted by Gasteiger charge is 2.31. The SMILES string of the molecule is Cc1ccc(-c2nnc(C3CCN(C(=O)NCc4ccccc4)C3)o2)cc1. The van der Waals surface area contributed by atoms with E-state index in [9.17, 15) is 4.79 Å². The van der Waals surface area contributed by atoms with Gasteiger partial charge in [0, 0.05) is 25.2 Å². The van der Waals surface area contributed by atoms with Crippen LogP contribution in [-0.2, 0) is 6.54 Å². The summed E-state index contributed by atoms with van der Waals surface area (Å²) in [4.78, 5) is 14.2. The topological polar surface area (TPSA) is 71.3 Å². The van der Waals surface area contributed by atoms with E-state index >= 15 is 0 Å². The van der Waals surface area contributed by atoms with Crippen molar-refractivity contribution in [2.45, 2.75) is 25.8 Å². The van der Waals surface area contributed by atoms with Crippen molar-refractivity contribution in [2.24, 2.45) is 0 Å². The summed E-state index contributed by atoms with van der Waals surface area (Å²) in [5, 5.41) is 11.3. The molecule has 1 atom stereocenters. The van der Waals surface area contributed by atoms with E-state index in [-0.39, 0.29) is 11.9 Å². The number of carbonyl (C=O) groups is 1. The van der Waals surface area contributed by atoms with E-state index in [1.54, 1.807) is 0 Å². The van der Waals surface area contributed by atoms with Crippen LogP contribution in [-0.4, -0.2) is 34.2 Å². The highest BCUT2D eigenvalue weighted by atomic mass is 16.4. The van der Waals surface area contributed by atoms with Crippen molar-refractivity contribution in [1.29, 1.82) is 0 Å². The normalized spacial score (nSPS) is 16.5. The Bertz CT molecular complexity index is 905. The smallest absolute Gasteiger partial charge is 0.317 e. The van der Waals surface area contributed by atoms with Gasteiger partial charge in [-0.1, -0.05) is 48.0 Å². The summed E-state index contributed by atoms with van der Waals surface area (Å²) in [6, 6.07) is 17.8. The van der Waals surface area contributed by atoms with Gasteiger partial charge in [-0.2, -0.15) is 0 Å². The Morgan fingerprint density at radius 3 is 2.70 bits per heavy atom. The average molecular weight is 362 g/mol. The first-order valence-corrected chi connectivity index (χ1v) is 9.16. The molecule has 138 valence electrons. The Labute approximate surface area is 158 Å². The minimum Gasteiger partial charge on any atom is -0.420 e. The first kappa shape index (κ1) is 17.3. The molecule has 1 aliphatic heterocycles. The highest BCUT2D eigenvalue weighted by molar-refractivity contribution is 5.74. The molecule has 0 saturated carbocycles. The van der Waals surface area contributed by atoms with Crippen molar-refractivity contribution in [3.63, 3.8) is 0 Å². The zero-order valence-corrected chi connectivity index (χ0v) is 15.3. The van der Waals surface area contributed by atoms with Crippen LogP contribution in [0, 0.1) is 6.92 Å². The van der Waals surface area contributed by atoms with E-state index in [4.69, 9.17) is 4.42 Å². The number of benzene rings is 2. The van der Waals surface area contributed by atoms with Crippen molar-refractivity contribution >= 4 is 6.03 Å². The molecule has 1 aliphatic rings. The van der Waals surface area contributed by atoms with Gasteiger partial charge < -0.3 is 14.6 Å².